The van der Waals surface area contributed by atoms with E-state index in [9.17, 15) is 14.4 Å². The SMILES string of the molecule is O=C(CN1C(=O)SC(=CC=Cc2ccccc2)C1=O)c1ccccc1. The number of allylic oxidation sites excluding steroid dienone is 2. The molecule has 2 aromatic carbocycles. The zero-order valence-corrected chi connectivity index (χ0v) is 14.1. The van der Waals surface area contributed by atoms with E-state index in [1.165, 1.54) is 0 Å². The third-order valence-electron chi connectivity index (χ3n) is 3.61. The zero-order chi connectivity index (χ0) is 17.6. The number of amides is 2. The maximum atomic E-state index is 12.4. The first-order chi connectivity index (χ1) is 12.1. The summed E-state index contributed by atoms with van der Waals surface area (Å²) in [4.78, 5) is 37.9. The largest absolute Gasteiger partial charge is 0.293 e. The van der Waals surface area contributed by atoms with E-state index >= 15 is 0 Å². The van der Waals surface area contributed by atoms with Gasteiger partial charge in [-0.2, -0.15) is 0 Å². The van der Waals surface area contributed by atoms with Gasteiger partial charge in [0.25, 0.3) is 11.1 Å². The van der Waals surface area contributed by atoms with Crippen molar-refractivity contribution in [1.29, 1.82) is 0 Å². The number of ketones is 1. The van der Waals surface area contributed by atoms with Gasteiger partial charge in [-0.1, -0.05) is 72.8 Å². The number of Topliss-reactive ketones (excluding diaryl/α,β-unsaturated/α-hetero) is 1. The maximum absolute atomic E-state index is 12.4. The smallest absolute Gasteiger partial charge is 0.292 e. The van der Waals surface area contributed by atoms with Gasteiger partial charge in [0.2, 0.25) is 0 Å². The van der Waals surface area contributed by atoms with Crippen LogP contribution in [0.25, 0.3) is 6.08 Å². The summed E-state index contributed by atoms with van der Waals surface area (Å²) in [5.41, 5.74) is 1.48. The number of imide groups is 1. The van der Waals surface area contributed by atoms with Gasteiger partial charge in [0.05, 0.1) is 11.4 Å². The molecule has 0 N–H and O–H groups in total. The Hall–Kier alpha value is -2.92. The van der Waals surface area contributed by atoms with Crippen molar-refractivity contribution in [3.8, 4) is 0 Å². The molecule has 0 aliphatic carbocycles. The predicted octanol–water partition coefficient (Wildman–Crippen LogP) is 4.16. The van der Waals surface area contributed by atoms with Crippen molar-refractivity contribution >= 4 is 34.8 Å². The Balaban J connectivity index is 1.69. The second-order valence-corrected chi connectivity index (χ2v) is 6.34. The number of carbonyl (C=O) groups is 3. The molecule has 3 rings (SSSR count). The van der Waals surface area contributed by atoms with Crippen LogP contribution in [0, 0.1) is 0 Å². The topological polar surface area (TPSA) is 54.5 Å². The van der Waals surface area contributed by atoms with E-state index < -0.39 is 11.1 Å². The van der Waals surface area contributed by atoms with Crippen LogP contribution in [0.5, 0.6) is 0 Å². The lowest BCUT2D eigenvalue weighted by Gasteiger charge is -2.11. The molecule has 0 spiro atoms. The van der Waals surface area contributed by atoms with Gasteiger partial charge in [0.15, 0.2) is 5.78 Å². The lowest BCUT2D eigenvalue weighted by atomic mass is 10.1. The molecule has 0 unspecified atom stereocenters. The van der Waals surface area contributed by atoms with Crippen LogP contribution in [0.15, 0.2) is 77.7 Å². The van der Waals surface area contributed by atoms with E-state index in [1.54, 1.807) is 42.5 Å². The molecule has 1 saturated heterocycles. The lowest BCUT2D eigenvalue weighted by Crippen LogP contribution is -2.33. The third-order valence-corrected chi connectivity index (χ3v) is 4.53. The molecule has 2 aromatic rings. The molecule has 0 saturated carbocycles. The van der Waals surface area contributed by atoms with Crippen molar-refractivity contribution in [2.75, 3.05) is 6.54 Å². The minimum Gasteiger partial charge on any atom is -0.292 e. The normalized spacial score (nSPS) is 16.2. The molecule has 1 heterocycles. The van der Waals surface area contributed by atoms with Crippen molar-refractivity contribution in [1.82, 2.24) is 4.90 Å². The van der Waals surface area contributed by atoms with Crippen LogP contribution in [0.4, 0.5) is 4.79 Å². The molecule has 1 aliphatic heterocycles. The number of thioether (sulfide) groups is 1. The average Bonchev–Trinajstić information content (AvgIpc) is 2.91. The van der Waals surface area contributed by atoms with Crippen molar-refractivity contribution in [3.63, 3.8) is 0 Å². The van der Waals surface area contributed by atoms with Crippen molar-refractivity contribution in [2.45, 2.75) is 0 Å². The fourth-order valence-corrected chi connectivity index (χ4v) is 3.11. The highest BCUT2D eigenvalue weighted by Gasteiger charge is 2.35. The highest BCUT2D eigenvalue weighted by molar-refractivity contribution is 8.18. The monoisotopic (exact) mass is 349 g/mol. The van der Waals surface area contributed by atoms with E-state index in [1.807, 2.05) is 36.4 Å². The molecule has 1 fully saturated rings. The van der Waals surface area contributed by atoms with Crippen molar-refractivity contribution in [2.24, 2.45) is 0 Å². The van der Waals surface area contributed by atoms with Crippen LogP contribution >= 0.6 is 11.8 Å². The number of hydrogen-bond acceptors (Lipinski definition) is 4. The van der Waals surface area contributed by atoms with Crippen LogP contribution in [0.3, 0.4) is 0 Å². The summed E-state index contributed by atoms with van der Waals surface area (Å²) in [6.45, 7) is -0.242. The summed E-state index contributed by atoms with van der Waals surface area (Å²) >= 11 is 0.849. The molecular weight excluding hydrogens is 334 g/mol. The minimum atomic E-state index is -0.433. The van der Waals surface area contributed by atoms with Gasteiger partial charge < -0.3 is 0 Å². The fourth-order valence-electron chi connectivity index (χ4n) is 2.32. The fraction of sp³-hybridized carbons (Fsp3) is 0.0500. The number of carbonyl (C=O) groups excluding carboxylic acids is 3. The van der Waals surface area contributed by atoms with Crippen LogP contribution in [0.1, 0.15) is 15.9 Å². The molecule has 4 nitrogen and oxygen atoms in total. The molecule has 5 heteroatoms. The second-order valence-electron chi connectivity index (χ2n) is 5.35. The Labute approximate surface area is 149 Å². The van der Waals surface area contributed by atoms with Crippen molar-refractivity contribution < 1.29 is 14.4 Å². The Morgan fingerprint density at radius 2 is 1.60 bits per heavy atom. The summed E-state index contributed by atoms with van der Waals surface area (Å²) < 4.78 is 0. The van der Waals surface area contributed by atoms with Gasteiger partial charge in [-0.15, -0.1) is 0 Å². The molecule has 2 amide bonds. The molecule has 0 radical (unpaired) electrons. The highest BCUT2D eigenvalue weighted by atomic mass is 32.2. The number of rotatable bonds is 5. The Morgan fingerprint density at radius 3 is 2.28 bits per heavy atom. The summed E-state index contributed by atoms with van der Waals surface area (Å²) in [5, 5.41) is -0.423. The van der Waals surface area contributed by atoms with E-state index in [0.717, 1.165) is 22.2 Å². The molecule has 0 atom stereocenters. The zero-order valence-electron chi connectivity index (χ0n) is 13.3. The standard InChI is InChI=1S/C20H15NO3S/c22-17(16-11-5-2-6-12-16)14-21-19(23)18(25-20(21)24)13-7-10-15-8-3-1-4-9-15/h1-13H,14H2. The molecule has 124 valence electrons. The van der Waals surface area contributed by atoms with E-state index in [2.05, 4.69) is 0 Å². The average molecular weight is 349 g/mol. The van der Waals surface area contributed by atoms with Crippen LogP contribution in [-0.2, 0) is 4.79 Å². The van der Waals surface area contributed by atoms with Crippen LogP contribution in [-0.4, -0.2) is 28.4 Å². The van der Waals surface area contributed by atoms with Gasteiger partial charge in [0.1, 0.15) is 0 Å². The van der Waals surface area contributed by atoms with E-state index in [-0.39, 0.29) is 12.3 Å². The van der Waals surface area contributed by atoms with Crippen LogP contribution < -0.4 is 0 Å². The van der Waals surface area contributed by atoms with Crippen molar-refractivity contribution in [3.05, 3.63) is 88.8 Å². The van der Waals surface area contributed by atoms with E-state index in [0.29, 0.717) is 10.5 Å². The van der Waals surface area contributed by atoms with E-state index in [4.69, 9.17) is 0 Å². The van der Waals surface area contributed by atoms with Gasteiger partial charge >= 0.3 is 0 Å². The molecule has 0 bridgehead atoms. The van der Waals surface area contributed by atoms with Gasteiger partial charge in [-0.05, 0) is 23.4 Å². The summed E-state index contributed by atoms with van der Waals surface area (Å²) in [6, 6.07) is 18.3. The first-order valence-electron chi connectivity index (χ1n) is 7.70. The summed E-state index contributed by atoms with van der Waals surface area (Å²) in [5.74, 6) is -0.694. The number of hydrogen-bond donors (Lipinski definition) is 0. The Morgan fingerprint density at radius 1 is 0.960 bits per heavy atom. The van der Waals surface area contributed by atoms with Gasteiger partial charge in [-0.25, -0.2) is 0 Å². The van der Waals surface area contributed by atoms with Gasteiger partial charge in [0, 0.05) is 5.56 Å². The first kappa shape index (κ1) is 16.9. The molecular formula is C20H15NO3S. The number of nitrogens with zero attached hydrogens (tertiary/aromatic N) is 1. The maximum Gasteiger partial charge on any atom is 0.293 e. The third kappa shape index (κ3) is 4.14. The summed E-state index contributed by atoms with van der Waals surface area (Å²) in [7, 11) is 0. The molecule has 25 heavy (non-hydrogen) atoms. The van der Waals surface area contributed by atoms with Crippen LogP contribution in [0.2, 0.25) is 0 Å². The van der Waals surface area contributed by atoms with Gasteiger partial charge in [-0.3, -0.25) is 19.3 Å². The Kier molecular flexibility index (Phi) is 5.26. The highest BCUT2D eigenvalue weighted by Crippen LogP contribution is 2.30. The minimum absolute atomic E-state index is 0.242. The predicted molar refractivity (Wildman–Crippen MR) is 99.0 cm³/mol. The Bertz CT molecular complexity index is 857. The quantitative estimate of drug-likeness (QED) is 0.601. The number of benzene rings is 2. The molecule has 0 aromatic heterocycles. The summed E-state index contributed by atoms with van der Waals surface area (Å²) in [6.07, 6.45) is 5.18. The lowest BCUT2D eigenvalue weighted by molar-refractivity contribution is -0.122. The first-order valence-corrected chi connectivity index (χ1v) is 8.52. The molecule has 1 aliphatic rings. The second kappa shape index (κ2) is 7.77.